The summed E-state index contributed by atoms with van der Waals surface area (Å²) in [7, 11) is 0. The molecule has 0 aromatic heterocycles. The van der Waals surface area contributed by atoms with E-state index >= 15 is 0 Å². The van der Waals surface area contributed by atoms with E-state index in [9.17, 15) is 9.59 Å². The average Bonchev–Trinajstić information content (AvgIpc) is 2.91. The van der Waals surface area contributed by atoms with E-state index in [0.717, 1.165) is 6.42 Å². The summed E-state index contributed by atoms with van der Waals surface area (Å²) >= 11 is 6.25. The molecule has 8 heteroatoms. The van der Waals surface area contributed by atoms with Crippen molar-refractivity contribution in [2.45, 2.75) is 13.0 Å². The first kappa shape index (κ1) is 17.5. The molecule has 0 aliphatic carbocycles. The second kappa shape index (κ2) is 7.36. The zero-order valence-electron chi connectivity index (χ0n) is 14.2. The first-order valence-electron chi connectivity index (χ1n) is 8.42. The summed E-state index contributed by atoms with van der Waals surface area (Å²) < 4.78 is 21.9. The summed E-state index contributed by atoms with van der Waals surface area (Å²) in [6.45, 7) is 1.03. The van der Waals surface area contributed by atoms with Gasteiger partial charge >= 0.3 is 5.97 Å². The lowest BCUT2D eigenvalue weighted by molar-refractivity contribution is -0.118. The van der Waals surface area contributed by atoms with Gasteiger partial charge in [-0.05, 0) is 35.9 Å². The Morgan fingerprint density at radius 3 is 2.85 bits per heavy atom. The molecule has 2 aromatic carbocycles. The van der Waals surface area contributed by atoms with Crippen LogP contribution in [0.4, 0.5) is 5.69 Å². The van der Waals surface area contributed by atoms with Crippen LogP contribution in [0.1, 0.15) is 22.3 Å². The minimum atomic E-state index is -0.512. The Balaban J connectivity index is 1.46. The van der Waals surface area contributed by atoms with E-state index in [1.807, 2.05) is 0 Å². The van der Waals surface area contributed by atoms with E-state index in [2.05, 4.69) is 5.32 Å². The molecule has 27 heavy (non-hydrogen) atoms. The van der Waals surface area contributed by atoms with Crippen LogP contribution in [-0.4, -0.2) is 31.7 Å². The second-order valence-corrected chi connectivity index (χ2v) is 6.49. The van der Waals surface area contributed by atoms with E-state index in [1.54, 1.807) is 24.3 Å². The quantitative estimate of drug-likeness (QED) is 0.812. The van der Waals surface area contributed by atoms with E-state index in [4.69, 9.17) is 30.5 Å². The van der Waals surface area contributed by atoms with Crippen molar-refractivity contribution in [1.82, 2.24) is 0 Å². The zero-order valence-corrected chi connectivity index (χ0v) is 15.0. The minimum absolute atomic E-state index is 0.0316. The molecule has 0 fully saturated rings. The van der Waals surface area contributed by atoms with Crippen LogP contribution in [0.5, 0.6) is 17.2 Å². The normalized spacial score (nSPS) is 15.1. The van der Waals surface area contributed by atoms with Gasteiger partial charge in [-0.25, -0.2) is 4.79 Å². The standard InChI is InChI=1S/C19H16ClNO6/c20-13-6-11(7-16-18(13)25-5-1-4-24-16)9-27-19(23)12-2-3-14-15(8-12)26-10-17(22)21-14/h2-3,6-8H,1,4-5,9-10H2,(H,21,22). The monoisotopic (exact) mass is 389 g/mol. The van der Waals surface area contributed by atoms with Gasteiger partial charge in [0.05, 0.1) is 29.5 Å². The third-order valence-corrected chi connectivity index (χ3v) is 4.36. The molecule has 4 rings (SSSR count). The van der Waals surface area contributed by atoms with Gasteiger partial charge in [-0.15, -0.1) is 0 Å². The molecule has 1 N–H and O–H groups in total. The second-order valence-electron chi connectivity index (χ2n) is 6.08. The maximum atomic E-state index is 12.3. The van der Waals surface area contributed by atoms with Gasteiger partial charge in [-0.1, -0.05) is 11.6 Å². The van der Waals surface area contributed by atoms with Crippen LogP contribution < -0.4 is 19.5 Å². The fourth-order valence-corrected chi connectivity index (χ4v) is 3.09. The van der Waals surface area contributed by atoms with Crippen molar-refractivity contribution in [3.05, 3.63) is 46.5 Å². The van der Waals surface area contributed by atoms with Crippen LogP contribution >= 0.6 is 11.6 Å². The fraction of sp³-hybridized carbons (Fsp3) is 0.263. The number of hydrogen-bond donors (Lipinski definition) is 1. The molecule has 1 amide bonds. The molecule has 0 atom stereocenters. The molecule has 0 saturated carbocycles. The van der Waals surface area contributed by atoms with Gasteiger partial charge in [-0.3, -0.25) is 4.79 Å². The van der Waals surface area contributed by atoms with E-state index in [0.29, 0.717) is 52.3 Å². The van der Waals surface area contributed by atoms with Crippen LogP contribution in [0.25, 0.3) is 0 Å². The van der Waals surface area contributed by atoms with Crippen LogP contribution in [-0.2, 0) is 16.1 Å². The molecule has 2 aliphatic heterocycles. The number of amides is 1. The lowest BCUT2D eigenvalue weighted by atomic mass is 10.1. The average molecular weight is 390 g/mol. The number of hydrogen-bond acceptors (Lipinski definition) is 6. The Morgan fingerprint density at radius 2 is 1.96 bits per heavy atom. The van der Waals surface area contributed by atoms with E-state index in [1.165, 1.54) is 6.07 Å². The highest BCUT2D eigenvalue weighted by Crippen LogP contribution is 2.38. The highest BCUT2D eigenvalue weighted by Gasteiger charge is 2.19. The number of fused-ring (bicyclic) bond motifs is 2. The molecule has 0 saturated heterocycles. The lowest BCUT2D eigenvalue weighted by Gasteiger charge is -2.18. The molecule has 2 heterocycles. The predicted molar refractivity (Wildman–Crippen MR) is 96.7 cm³/mol. The molecular weight excluding hydrogens is 374 g/mol. The Morgan fingerprint density at radius 1 is 1.11 bits per heavy atom. The zero-order chi connectivity index (χ0) is 18.8. The number of benzene rings is 2. The molecule has 7 nitrogen and oxygen atoms in total. The molecule has 2 aliphatic rings. The Labute approximate surface area is 160 Å². The van der Waals surface area contributed by atoms with Crippen LogP contribution in [0.3, 0.4) is 0 Å². The van der Waals surface area contributed by atoms with Gasteiger partial charge < -0.3 is 24.3 Å². The molecule has 140 valence electrons. The van der Waals surface area contributed by atoms with Crippen molar-refractivity contribution in [3.63, 3.8) is 0 Å². The third-order valence-electron chi connectivity index (χ3n) is 4.08. The van der Waals surface area contributed by atoms with E-state index < -0.39 is 5.97 Å². The summed E-state index contributed by atoms with van der Waals surface area (Å²) in [6.07, 6.45) is 0.774. The SMILES string of the molecule is O=C1COc2cc(C(=O)OCc3cc(Cl)c4c(c3)OCCCO4)ccc2N1. The predicted octanol–water partition coefficient (Wildman–Crippen LogP) is 3.19. The van der Waals surface area contributed by atoms with Gasteiger partial charge in [0.2, 0.25) is 0 Å². The highest BCUT2D eigenvalue weighted by molar-refractivity contribution is 6.32. The van der Waals surface area contributed by atoms with Crippen molar-refractivity contribution < 1.29 is 28.5 Å². The van der Waals surface area contributed by atoms with Crippen LogP contribution in [0, 0.1) is 0 Å². The largest absolute Gasteiger partial charge is 0.489 e. The fourth-order valence-electron chi connectivity index (χ4n) is 2.80. The van der Waals surface area contributed by atoms with Crippen LogP contribution in [0.2, 0.25) is 5.02 Å². The maximum absolute atomic E-state index is 12.3. The molecule has 0 radical (unpaired) electrons. The molecular formula is C19H16ClNO6. The summed E-state index contributed by atoms with van der Waals surface area (Å²) in [5.41, 5.74) is 1.54. The number of halogens is 1. The van der Waals surface area contributed by atoms with Gasteiger partial charge in [0.15, 0.2) is 18.1 Å². The summed E-state index contributed by atoms with van der Waals surface area (Å²) in [4.78, 5) is 23.6. The number of rotatable bonds is 3. The molecule has 0 spiro atoms. The lowest BCUT2D eigenvalue weighted by Crippen LogP contribution is -2.25. The van der Waals surface area contributed by atoms with Crippen molar-refractivity contribution in [1.29, 1.82) is 0 Å². The number of carbonyl (C=O) groups excluding carboxylic acids is 2. The first-order valence-corrected chi connectivity index (χ1v) is 8.80. The highest BCUT2D eigenvalue weighted by atomic mass is 35.5. The van der Waals surface area contributed by atoms with Crippen LogP contribution in [0.15, 0.2) is 30.3 Å². The Bertz CT molecular complexity index is 913. The number of ether oxygens (including phenoxy) is 4. The number of nitrogens with one attached hydrogen (secondary N) is 1. The number of carbonyl (C=O) groups is 2. The minimum Gasteiger partial charge on any atom is -0.489 e. The van der Waals surface area contributed by atoms with Gasteiger partial charge in [0.25, 0.3) is 5.91 Å². The molecule has 0 unspecified atom stereocenters. The Kier molecular flexibility index (Phi) is 4.77. The molecule has 2 aromatic rings. The summed E-state index contributed by atoms with van der Waals surface area (Å²) in [6, 6.07) is 8.15. The van der Waals surface area contributed by atoms with Crippen molar-refractivity contribution >= 4 is 29.2 Å². The van der Waals surface area contributed by atoms with Gasteiger partial charge in [0.1, 0.15) is 12.4 Å². The first-order chi connectivity index (χ1) is 13.1. The summed E-state index contributed by atoms with van der Waals surface area (Å²) in [5.74, 6) is 0.746. The van der Waals surface area contributed by atoms with Crippen molar-refractivity contribution in [3.8, 4) is 17.2 Å². The maximum Gasteiger partial charge on any atom is 0.338 e. The number of esters is 1. The van der Waals surface area contributed by atoms with Gasteiger partial charge in [0, 0.05) is 6.42 Å². The van der Waals surface area contributed by atoms with Crippen molar-refractivity contribution in [2.75, 3.05) is 25.1 Å². The number of anilines is 1. The summed E-state index contributed by atoms with van der Waals surface area (Å²) in [5, 5.41) is 3.08. The Hall–Kier alpha value is -2.93. The van der Waals surface area contributed by atoms with Crippen molar-refractivity contribution in [2.24, 2.45) is 0 Å². The molecule has 0 bridgehead atoms. The third kappa shape index (κ3) is 3.78. The smallest absolute Gasteiger partial charge is 0.338 e. The van der Waals surface area contributed by atoms with E-state index in [-0.39, 0.29) is 19.1 Å². The van der Waals surface area contributed by atoms with Gasteiger partial charge in [-0.2, -0.15) is 0 Å². The topological polar surface area (TPSA) is 83.1 Å².